The molecule has 30 heavy (non-hydrogen) atoms. The number of aromatic amines is 1. The maximum absolute atomic E-state index is 5.40. The molecule has 0 aliphatic rings. The molecule has 0 fully saturated rings. The summed E-state index contributed by atoms with van der Waals surface area (Å²) in [4.78, 5) is 9.96. The van der Waals surface area contributed by atoms with Crippen molar-refractivity contribution in [3.8, 4) is 11.5 Å². The van der Waals surface area contributed by atoms with E-state index in [1.165, 1.54) is 27.6 Å². The first kappa shape index (κ1) is 21.6. The highest BCUT2D eigenvalue weighted by Crippen LogP contribution is 2.27. The van der Waals surface area contributed by atoms with Crippen LogP contribution in [-0.2, 0) is 12.8 Å². The molecule has 6 heteroatoms. The number of nitrogens with one attached hydrogen (secondary N) is 2. The van der Waals surface area contributed by atoms with Crippen LogP contribution in [0.5, 0.6) is 11.5 Å². The molecule has 2 N–H and O–H groups in total. The molecule has 0 saturated carbocycles. The number of likely N-dealkylation sites (N-methyl/N-ethyl adjacent to an activating group) is 1. The normalized spacial score (nSPS) is 11.6. The van der Waals surface area contributed by atoms with E-state index in [0.29, 0.717) is 0 Å². The van der Waals surface area contributed by atoms with Crippen LogP contribution in [0.2, 0.25) is 0 Å². The van der Waals surface area contributed by atoms with Gasteiger partial charge in [0, 0.05) is 44.3 Å². The fourth-order valence-corrected chi connectivity index (χ4v) is 3.78. The van der Waals surface area contributed by atoms with E-state index in [1.54, 1.807) is 14.2 Å². The van der Waals surface area contributed by atoms with Gasteiger partial charge in [-0.25, -0.2) is 0 Å². The van der Waals surface area contributed by atoms with E-state index in [2.05, 4.69) is 64.6 Å². The standard InChI is InChI=1S/C24H32N4O2/c1-17-7-6-8-20-23(17)19(16-27-20)11-13-26-24(25-2)28(3)14-12-18-9-10-21(29-4)22(15-18)30-5/h6-10,15-16,27H,11-14H2,1-5H3,(H,25,26). The van der Waals surface area contributed by atoms with Crippen molar-refractivity contribution >= 4 is 16.9 Å². The Labute approximate surface area is 178 Å². The van der Waals surface area contributed by atoms with Gasteiger partial charge in [0.25, 0.3) is 0 Å². The molecule has 2 aromatic carbocycles. The Bertz CT molecular complexity index is 1010. The highest BCUT2D eigenvalue weighted by Gasteiger charge is 2.10. The Kier molecular flexibility index (Phi) is 7.22. The van der Waals surface area contributed by atoms with Gasteiger partial charge in [0.1, 0.15) is 0 Å². The zero-order chi connectivity index (χ0) is 21.5. The number of methoxy groups -OCH3 is 2. The Hall–Kier alpha value is -3.15. The van der Waals surface area contributed by atoms with Crippen LogP contribution in [0, 0.1) is 6.92 Å². The van der Waals surface area contributed by atoms with Crippen LogP contribution in [0.25, 0.3) is 10.9 Å². The van der Waals surface area contributed by atoms with Gasteiger partial charge in [-0.1, -0.05) is 18.2 Å². The monoisotopic (exact) mass is 408 g/mol. The first-order valence-corrected chi connectivity index (χ1v) is 10.3. The fraction of sp³-hybridized carbons (Fsp3) is 0.375. The van der Waals surface area contributed by atoms with E-state index >= 15 is 0 Å². The van der Waals surface area contributed by atoms with Crippen LogP contribution in [-0.4, -0.2) is 57.2 Å². The smallest absolute Gasteiger partial charge is 0.193 e. The SMILES string of the molecule is CN=C(NCCc1c[nH]c2cccc(C)c12)N(C)CCc1ccc(OC)c(OC)c1. The second kappa shape index (κ2) is 10.1. The van der Waals surface area contributed by atoms with Crippen molar-refractivity contribution in [1.82, 2.24) is 15.2 Å². The molecule has 0 radical (unpaired) electrons. The number of ether oxygens (including phenoxy) is 2. The summed E-state index contributed by atoms with van der Waals surface area (Å²) in [6, 6.07) is 12.4. The summed E-state index contributed by atoms with van der Waals surface area (Å²) in [6.07, 6.45) is 3.94. The topological polar surface area (TPSA) is 61.9 Å². The van der Waals surface area contributed by atoms with Crippen molar-refractivity contribution in [2.75, 3.05) is 41.4 Å². The highest BCUT2D eigenvalue weighted by atomic mass is 16.5. The van der Waals surface area contributed by atoms with E-state index in [4.69, 9.17) is 9.47 Å². The molecular weight excluding hydrogens is 376 g/mol. The lowest BCUT2D eigenvalue weighted by molar-refractivity contribution is 0.354. The number of H-pyrrole nitrogens is 1. The number of guanidine groups is 1. The van der Waals surface area contributed by atoms with Crippen LogP contribution < -0.4 is 14.8 Å². The highest BCUT2D eigenvalue weighted by molar-refractivity contribution is 5.86. The van der Waals surface area contributed by atoms with Gasteiger partial charge in [-0.05, 0) is 54.7 Å². The van der Waals surface area contributed by atoms with Crippen molar-refractivity contribution in [2.45, 2.75) is 19.8 Å². The van der Waals surface area contributed by atoms with E-state index in [1.807, 2.05) is 19.2 Å². The predicted octanol–water partition coefficient (Wildman–Crippen LogP) is 3.79. The number of nitrogens with zero attached hydrogens (tertiary/aromatic N) is 2. The minimum Gasteiger partial charge on any atom is -0.493 e. The van der Waals surface area contributed by atoms with Crippen molar-refractivity contribution in [2.24, 2.45) is 4.99 Å². The predicted molar refractivity (Wildman–Crippen MR) is 124 cm³/mol. The van der Waals surface area contributed by atoms with Gasteiger partial charge in [0.05, 0.1) is 14.2 Å². The van der Waals surface area contributed by atoms with Gasteiger partial charge in [-0.3, -0.25) is 4.99 Å². The largest absolute Gasteiger partial charge is 0.493 e. The van der Waals surface area contributed by atoms with Crippen molar-refractivity contribution in [3.63, 3.8) is 0 Å². The maximum atomic E-state index is 5.40. The summed E-state index contributed by atoms with van der Waals surface area (Å²) < 4.78 is 10.7. The molecule has 3 aromatic rings. The summed E-state index contributed by atoms with van der Waals surface area (Å²) in [5.41, 5.74) is 5.03. The average molecular weight is 409 g/mol. The van der Waals surface area contributed by atoms with Crippen molar-refractivity contribution in [3.05, 3.63) is 59.3 Å². The van der Waals surface area contributed by atoms with Crippen LogP contribution in [0.4, 0.5) is 0 Å². The van der Waals surface area contributed by atoms with E-state index < -0.39 is 0 Å². The molecule has 6 nitrogen and oxygen atoms in total. The average Bonchev–Trinajstić information content (AvgIpc) is 3.19. The third-order valence-corrected chi connectivity index (χ3v) is 5.43. The molecule has 0 aliphatic heterocycles. The molecule has 160 valence electrons. The molecule has 0 spiro atoms. The molecule has 0 bridgehead atoms. The molecule has 0 unspecified atom stereocenters. The summed E-state index contributed by atoms with van der Waals surface area (Å²) in [5.74, 6) is 2.40. The molecule has 1 heterocycles. The van der Waals surface area contributed by atoms with Crippen molar-refractivity contribution in [1.29, 1.82) is 0 Å². The minimum absolute atomic E-state index is 0.750. The molecule has 3 rings (SSSR count). The Balaban J connectivity index is 1.54. The van der Waals surface area contributed by atoms with Crippen molar-refractivity contribution < 1.29 is 9.47 Å². The number of hydrogen-bond donors (Lipinski definition) is 2. The molecule has 0 saturated heterocycles. The Morgan fingerprint density at radius 1 is 1.10 bits per heavy atom. The van der Waals surface area contributed by atoms with Crippen LogP contribution >= 0.6 is 0 Å². The number of aryl methyl sites for hydroxylation is 1. The number of benzene rings is 2. The third-order valence-electron chi connectivity index (χ3n) is 5.43. The van der Waals surface area contributed by atoms with Gasteiger partial charge >= 0.3 is 0 Å². The second-order valence-corrected chi connectivity index (χ2v) is 7.40. The number of aromatic nitrogens is 1. The van der Waals surface area contributed by atoms with Crippen LogP contribution in [0.1, 0.15) is 16.7 Å². The second-order valence-electron chi connectivity index (χ2n) is 7.40. The molecular formula is C24H32N4O2. The fourth-order valence-electron chi connectivity index (χ4n) is 3.78. The Morgan fingerprint density at radius 2 is 1.90 bits per heavy atom. The first-order valence-electron chi connectivity index (χ1n) is 10.3. The van der Waals surface area contributed by atoms with E-state index in [0.717, 1.165) is 43.4 Å². The van der Waals surface area contributed by atoms with Crippen LogP contribution in [0.3, 0.4) is 0 Å². The number of fused-ring (bicyclic) bond motifs is 1. The first-order chi connectivity index (χ1) is 14.6. The van der Waals surface area contributed by atoms with Gasteiger partial charge < -0.3 is 24.7 Å². The zero-order valence-corrected chi connectivity index (χ0v) is 18.6. The molecule has 0 amide bonds. The summed E-state index contributed by atoms with van der Waals surface area (Å²) in [7, 11) is 7.20. The zero-order valence-electron chi connectivity index (χ0n) is 18.6. The molecule has 0 aliphatic carbocycles. The number of hydrogen-bond acceptors (Lipinski definition) is 3. The van der Waals surface area contributed by atoms with Crippen LogP contribution in [0.15, 0.2) is 47.6 Å². The quantitative estimate of drug-likeness (QED) is 0.440. The summed E-state index contributed by atoms with van der Waals surface area (Å²) >= 11 is 0. The lowest BCUT2D eigenvalue weighted by Crippen LogP contribution is -2.40. The van der Waals surface area contributed by atoms with E-state index in [9.17, 15) is 0 Å². The summed E-state index contributed by atoms with van der Waals surface area (Å²) in [6.45, 7) is 3.84. The third kappa shape index (κ3) is 4.87. The van der Waals surface area contributed by atoms with Gasteiger partial charge in [0.15, 0.2) is 17.5 Å². The lowest BCUT2D eigenvalue weighted by atomic mass is 10.1. The Morgan fingerprint density at radius 3 is 2.63 bits per heavy atom. The molecule has 1 aromatic heterocycles. The summed E-state index contributed by atoms with van der Waals surface area (Å²) in [5, 5.41) is 4.82. The lowest BCUT2D eigenvalue weighted by Gasteiger charge is -2.22. The van der Waals surface area contributed by atoms with Gasteiger partial charge in [-0.2, -0.15) is 0 Å². The number of aliphatic imine (C=N–C) groups is 1. The molecule has 0 atom stereocenters. The van der Waals surface area contributed by atoms with E-state index in [-0.39, 0.29) is 0 Å². The maximum Gasteiger partial charge on any atom is 0.193 e. The van der Waals surface area contributed by atoms with Gasteiger partial charge in [-0.15, -0.1) is 0 Å². The number of rotatable bonds is 8. The minimum atomic E-state index is 0.750. The van der Waals surface area contributed by atoms with Gasteiger partial charge in [0.2, 0.25) is 0 Å².